The van der Waals surface area contributed by atoms with Crippen molar-refractivity contribution in [2.45, 2.75) is 38.6 Å². The number of pyridine rings is 1. The van der Waals surface area contributed by atoms with Gasteiger partial charge in [-0.3, -0.25) is 14.1 Å². The Hall–Kier alpha value is -2.80. The molecule has 1 N–H and O–H groups in total. The average molecular weight is 381 g/mol. The van der Waals surface area contributed by atoms with Crippen molar-refractivity contribution in [1.29, 1.82) is 0 Å². The number of halogens is 1. The minimum atomic E-state index is -0.405. The zero-order valence-electron chi connectivity index (χ0n) is 16.1. The molecule has 0 saturated carbocycles. The number of hydrogen-bond acceptors (Lipinski definition) is 4. The topological polar surface area (TPSA) is 62.5 Å². The first kappa shape index (κ1) is 18.6. The second-order valence-electron chi connectivity index (χ2n) is 7.45. The fourth-order valence-corrected chi connectivity index (χ4v) is 3.81. The zero-order valence-corrected chi connectivity index (χ0v) is 16.1. The van der Waals surface area contributed by atoms with E-state index in [4.69, 9.17) is 0 Å². The molecule has 7 heteroatoms. The molecule has 6 nitrogen and oxygen atoms in total. The molecule has 146 valence electrons. The lowest BCUT2D eigenvalue weighted by atomic mass is 9.95. The highest BCUT2D eigenvalue weighted by atomic mass is 19.1. The van der Waals surface area contributed by atoms with Crippen molar-refractivity contribution in [3.63, 3.8) is 0 Å². The quantitative estimate of drug-likeness (QED) is 0.753. The predicted octanol–water partition coefficient (Wildman–Crippen LogP) is 3.38. The number of carbonyl (C=O) groups is 1. The molecule has 2 aromatic heterocycles. The maximum Gasteiger partial charge on any atom is 0.241 e. The van der Waals surface area contributed by atoms with Crippen LogP contribution in [0.4, 0.5) is 10.1 Å². The molecule has 1 aromatic carbocycles. The highest BCUT2D eigenvalue weighted by Crippen LogP contribution is 2.28. The summed E-state index contributed by atoms with van der Waals surface area (Å²) in [6.45, 7) is 5.27. The Morgan fingerprint density at radius 1 is 1.21 bits per heavy atom. The van der Waals surface area contributed by atoms with Crippen molar-refractivity contribution >= 4 is 17.2 Å². The second-order valence-corrected chi connectivity index (χ2v) is 7.45. The Bertz CT molecular complexity index is 993. The summed E-state index contributed by atoms with van der Waals surface area (Å²) >= 11 is 0. The van der Waals surface area contributed by atoms with Crippen molar-refractivity contribution in [2.24, 2.45) is 0 Å². The first-order valence-electron chi connectivity index (χ1n) is 9.63. The van der Waals surface area contributed by atoms with Gasteiger partial charge < -0.3 is 5.32 Å². The molecule has 1 amide bonds. The van der Waals surface area contributed by atoms with E-state index in [1.165, 1.54) is 6.07 Å². The molecule has 1 aliphatic heterocycles. The second kappa shape index (κ2) is 7.67. The number of nitrogens with one attached hydrogen (secondary N) is 1. The standard InChI is InChI=1S/C21H24FN5O/c1-14-6-7-18(17(22)13-14)23-21(28)15(2)26-11-8-16(9-12-26)20-25-24-19-5-3-4-10-27(19)20/h3-7,10,13,15-16H,8-9,11-12H2,1-2H3,(H,23,28)/t15-/m0/s1. The molecular weight excluding hydrogens is 357 g/mol. The van der Waals surface area contributed by atoms with Gasteiger partial charge >= 0.3 is 0 Å². The smallest absolute Gasteiger partial charge is 0.241 e. The van der Waals surface area contributed by atoms with Crippen LogP contribution < -0.4 is 5.32 Å². The van der Waals surface area contributed by atoms with Gasteiger partial charge in [0, 0.05) is 12.1 Å². The number of piperidine rings is 1. The lowest BCUT2D eigenvalue weighted by molar-refractivity contribution is -0.121. The summed E-state index contributed by atoms with van der Waals surface area (Å²) in [4.78, 5) is 14.7. The van der Waals surface area contributed by atoms with Crippen molar-refractivity contribution in [3.05, 3.63) is 59.8 Å². The molecule has 1 fully saturated rings. The Morgan fingerprint density at radius 2 is 2.00 bits per heavy atom. The van der Waals surface area contributed by atoms with E-state index in [9.17, 15) is 9.18 Å². The highest BCUT2D eigenvalue weighted by Gasteiger charge is 2.29. The summed E-state index contributed by atoms with van der Waals surface area (Å²) in [6.07, 6.45) is 3.81. The van der Waals surface area contributed by atoms with Gasteiger partial charge in [0.25, 0.3) is 0 Å². The zero-order chi connectivity index (χ0) is 19.7. The maximum absolute atomic E-state index is 14.0. The van der Waals surface area contributed by atoms with E-state index in [0.717, 1.165) is 43.0 Å². The molecule has 0 aliphatic carbocycles. The number of rotatable bonds is 4. The van der Waals surface area contributed by atoms with Gasteiger partial charge in [-0.15, -0.1) is 10.2 Å². The van der Waals surface area contributed by atoms with Crippen LogP contribution in [0.1, 0.15) is 37.1 Å². The number of nitrogens with zero attached hydrogens (tertiary/aromatic N) is 4. The maximum atomic E-state index is 14.0. The highest BCUT2D eigenvalue weighted by molar-refractivity contribution is 5.94. The molecule has 0 spiro atoms. The molecule has 3 heterocycles. The van der Waals surface area contributed by atoms with Gasteiger partial charge in [-0.25, -0.2) is 4.39 Å². The number of carbonyl (C=O) groups excluding carboxylic acids is 1. The van der Waals surface area contributed by atoms with Gasteiger partial charge in [0.2, 0.25) is 5.91 Å². The fraction of sp³-hybridized carbons (Fsp3) is 0.381. The molecule has 1 aliphatic rings. The van der Waals surface area contributed by atoms with Crippen LogP contribution in [0, 0.1) is 12.7 Å². The molecule has 4 rings (SSSR count). The number of fused-ring (bicyclic) bond motifs is 1. The summed E-state index contributed by atoms with van der Waals surface area (Å²) in [6, 6.07) is 10.4. The summed E-state index contributed by atoms with van der Waals surface area (Å²) in [5.74, 6) is 0.708. The molecule has 0 bridgehead atoms. The van der Waals surface area contributed by atoms with Gasteiger partial charge in [0.1, 0.15) is 11.6 Å². The van der Waals surface area contributed by atoms with E-state index < -0.39 is 5.82 Å². The van der Waals surface area contributed by atoms with Gasteiger partial charge in [-0.1, -0.05) is 12.1 Å². The van der Waals surface area contributed by atoms with Crippen LogP contribution in [0.2, 0.25) is 0 Å². The monoisotopic (exact) mass is 381 g/mol. The summed E-state index contributed by atoms with van der Waals surface area (Å²) in [5, 5.41) is 11.3. The first-order valence-corrected chi connectivity index (χ1v) is 9.63. The van der Waals surface area contributed by atoms with Crippen LogP contribution in [-0.2, 0) is 4.79 Å². The van der Waals surface area contributed by atoms with Crippen LogP contribution in [0.3, 0.4) is 0 Å². The van der Waals surface area contributed by atoms with Crippen molar-refractivity contribution in [2.75, 3.05) is 18.4 Å². The van der Waals surface area contributed by atoms with Crippen LogP contribution in [0.25, 0.3) is 5.65 Å². The van der Waals surface area contributed by atoms with Crippen LogP contribution in [0.15, 0.2) is 42.6 Å². The molecule has 0 unspecified atom stereocenters. The molecule has 28 heavy (non-hydrogen) atoms. The number of aryl methyl sites for hydroxylation is 1. The Labute approximate surface area is 163 Å². The van der Waals surface area contributed by atoms with E-state index in [-0.39, 0.29) is 17.6 Å². The van der Waals surface area contributed by atoms with Crippen molar-refractivity contribution in [3.8, 4) is 0 Å². The van der Waals surface area contributed by atoms with Crippen molar-refractivity contribution in [1.82, 2.24) is 19.5 Å². The van der Waals surface area contributed by atoms with Crippen LogP contribution in [-0.4, -0.2) is 44.5 Å². The van der Waals surface area contributed by atoms with Crippen LogP contribution in [0.5, 0.6) is 0 Å². The first-order chi connectivity index (χ1) is 13.5. The van der Waals surface area contributed by atoms with E-state index in [2.05, 4.69) is 20.4 Å². The number of amides is 1. The Balaban J connectivity index is 1.38. The number of aromatic nitrogens is 3. The van der Waals surface area contributed by atoms with E-state index in [0.29, 0.717) is 5.92 Å². The van der Waals surface area contributed by atoms with Gasteiger partial charge in [-0.2, -0.15) is 0 Å². The number of benzene rings is 1. The number of hydrogen-bond donors (Lipinski definition) is 1. The number of anilines is 1. The third-order valence-corrected chi connectivity index (χ3v) is 5.54. The Morgan fingerprint density at radius 3 is 2.75 bits per heavy atom. The SMILES string of the molecule is Cc1ccc(NC(=O)[C@H](C)N2CCC(c3nnc4ccccn34)CC2)c(F)c1. The van der Waals surface area contributed by atoms with Gasteiger partial charge in [-0.05, 0) is 69.6 Å². The molecular formula is C21H24FN5O. The van der Waals surface area contributed by atoms with E-state index in [1.807, 2.05) is 42.6 Å². The lowest BCUT2D eigenvalue weighted by Gasteiger charge is -2.34. The minimum Gasteiger partial charge on any atom is -0.322 e. The largest absolute Gasteiger partial charge is 0.322 e. The fourth-order valence-electron chi connectivity index (χ4n) is 3.81. The minimum absolute atomic E-state index is 0.186. The Kier molecular flexibility index (Phi) is 5.09. The predicted molar refractivity (Wildman–Crippen MR) is 106 cm³/mol. The third kappa shape index (κ3) is 3.62. The van der Waals surface area contributed by atoms with E-state index >= 15 is 0 Å². The summed E-state index contributed by atoms with van der Waals surface area (Å²) in [7, 11) is 0. The van der Waals surface area contributed by atoms with Crippen LogP contribution >= 0.6 is 0 Å². The molecule has 0 radical (unpaired) electrons. The third-order valence-electron chi connectivity index (χ3n) is 5.54. The molecule has 1 saturated heterocycles. The summed E-state index contributed by atoms with van der Waals surface area (Å²) in [5.41, 5.74) is 1.91. The molecule has 3 aromatic rings. The molecule has 1 atom stereocenters. The van der Waals surface area contributed by atoms with Gasteiger partial charge in [0.05, 0.1) is 11.7 Å². The summed E-state index contributed by atoms with van der Waals surface area (Å²) < 4.78 is 16.0. The lowest BCUT2D eigenvalue weighted by Crippen LogP contribution is -2.46. The van der Waals surface area contributed by atoms with E-state index in [1.54, 1.807) is 12.1 Å². The average Bonchev–Trinajstić information content (AvgIpc) is 3.14. The normalized spacial score (nSPS) is 17.0. The van der Waals surface area contributed by atoms with Crippen molar-refractivity contribution < 1.29 is 9.18 Å². The number of likely N-dealkylation sites (tertiary alicyclic amines) is 1. The van der Waals surface area contributed by atoms with Gasteiger partial charge in [0.15, 0.2) is 5.65 Å².